The predicted molar refractivity (Wildman–Crippen MR) is 128 cm³/mol. The summed E-state index contributed by atoms with van der Waals surface area (Å²) in [5, 5.41) is 11.2. The molecule has 30 heavy (non-hydrogen) atoms. The number of para-hydroxylation sites is 1. The molecular formula is C21H23ClIN5O2. The van der Waals surface area contributed by atoms with Gasteiger partial charge in [0.1, 0.15) is 18.4 Å². The van der Waals surface area contributed by atoms with Crippen molar-refractivity contribution in [2.24, 2.45) is 4.99 Å². The Morgan fingerprint density at radius 1 is 1.20 bits per heavy atom. The number of aromatic nitrogens is 2. The molecule has 2 N–H and O–H groups in total. The minimum Gasteiger partial charge on any atom is -0.488 e. The SMILES string of the molecule is CCNC(=NCc1nc(-c2cccc(Cl)c2)no1)NCC1Cc2ccccc2O1.I. The first-order chi connectivity index (χ1) is 14.2. The molecule has 2 heterocycles. The summed E-state index contributed by atoms with van der Waals surface area (Å²) in [6.45, 7) is 3.69. The third-order valence-corrected chi connectivity index (χ3v) is 4.71. The quantitative estimate of drug-likeness (QED) is 0.279. The maximum atomic E-state index is 6.02. The van der Waals surface area contributed by atoms with Crippen molar-refractivity contribution in [1.82, 2.24) is 20.8 Å². The summed E-state index contributed by atoms with van der Waals surface area (Å²) in [6.07, 6.45) is 0.962. The van der Waals surface area contributed by atoms with E-state index in [1.165, 1.54) is 5.56 Å². The average Bonchev–Trinajstić information content (AvgIpc) is 3.37. The maximum Gasteiger partial charge on any atom is 0.248 e. The Bertz CT molecular complexity index is 985. The lowest BCUT2D eigenvalue weighted by molar-refractivity contribution is 0.235. The number of rotatable bonds is 6. The minimum atomic E-state index is 0. The number of aliphatic imine (C=N–C) groups is 1. The Morgan fingerprint density at radius 3 is 2.87 bits per heavy atom. The summed E-state index contributed by atoms with van der Waals surface area (Å²) in [6, 6.07) is 15.5. The molecule has 0 amide bonds. The number of ether oxygens (including phenoxy) is 1. The summed E-state index contributed by atoms with van der Waals surface area (Å²) >= 11 is 6.02. The number of guanidine groups is 1. The fourth-order valence-electron chi connectivity index (χ4n) is 3.13. The van der Waals surface area contributed by atoms with E-state index >= 15 is 0 Å². The number of hydrogen-bond donors (Lipinski definition) is 2. The van der Waals surface area contributed by atoms with Gasteiger partial charge in [-0.1, -0.05) is 47.1 Å². The van der Waals surface area contributed by atoms with Crippen LogP contribution in [-0.2, 0) is 13.0 Å². The van der Waals surface area contributed by atoms with E-state index in [0.717, 1.165) is 24.3 Å². The van der Waals surface area contributed by atoms with Gasteiger partial charge in [0.05, 0.1) is 6.54 Å². The van der Waals surface area contributed by atoms with Crippen LogP contribution in [0.15, 0.2) is 58.0 Å². The van der Waals surface area contributed by atoms with Gasteiger partial charge in [-0.25, -0.2) is 4.99 Å². The monoisotopic (exact) mass is 539 g/mol. The minimum absolute atomic E-state index is 0. The Hall–Kier alpha value is -2.33. The zero-order valence-corrected chi connectivity index (χ0v) is 19.6. The van der Waals surface area contributed by atoms with Gasteiger partial charge in [0.2, 0.25) is 11.7 Å². The van der Waals surface area contributed by atoms with E-state index in [-0.39, 0.29) is 36.6 Å². The molecule has 1 aliphatic rings. The Kier molecular flexibility index (Phi) is 7.92. The molecular weight excluding hydrogens is 517 g/mol. The van der Waals surface area contributed by atoms with Gasteiger partial charge in [-0.3, -0.25) is 0 Å². The standard InChI is InChI=1S/C21H22ClN5O2.HI/c1-2-23-21(24-12-17-11-14-6-3-4-9-18(14)28-17)25-13-19-26-20(27-29-19)15-7-5-8-16(22)10-15;/h3-10,17H,2,11-13H2,1H3,(H2,23,24,25);1H. The van der Waals surface area contributed by atoms with E-state index in [4.69, 9.17) is 20.9 Å². The van der Waals surface area contributed by atoms with Gasteiger partial charge < -0.3 is 19.9 Å². The van der Waals surface area contributed by atoms with Crippen LogP contribution in [0, 0.1) is 0 Å². The highest BCUT2D eigenvalue weighted by molar-refractivity contribution is 14.0. The Morgan fingerprint density at radius 2 is 2.07 bits per heavy atom. The second-order valence-corrected chi connectivity index (χ2v) is 7.09. The second kappa shape index (κ2) is 10.6. The van der Waals surface area contributed by atoms with Crippen LogP contribution in [0.1, 0.15) is 18.4 Å². The average molecular weight is 540 g/mol. The van der Waals surface area contributed by atoms with Crippen molar-refractivity contribution in [2.45, 2.75) is 26.0 Å². The molecule has 0 aliphatic carbocycles. The summed E-state index contributed by atoms with van der Waals surface area (Å²) in [4.78, 5) is 8.93. The van der Waals surface area contributed by atoms with Crippen molar-refractivity contribution in [3.8, 4) is 17.1 Å². The third kappa shape index (κ3) is 5.63. The van der Waals surface area contributed by atoms with Gasteiger partial charge in [-0.15, -0.1) is 24.0 Å². The molecule has 0 saturated carbocycles. The molecule has 0 saturated heterocycles. The molecule has 9 heteroatoms. The van der Waals surface area contributed by atoms with E-state index in [9.17, 15) is 0 Å². The van der Waals surface area contributed by atoms with Gasteiger partial charge in [-0.05, 0) is 30.7 Å². The smallest absolute Gasteiger partial charge is 0.248 e. The highest BCUT2D eigenvalue weighted by Gasteiger charge is 2.22. The van der Waals surface area contributed by atoms with Gasteiger partial charge in [0.15, 0.2) is 5.96 Å². The lowest BCUT2D eigenvalue weighted by Crippen LogP contribution is -2.42. The number of nitrogens with zero attached hydrogens (tertiary/aromatic N) is 3. The van der Waals surface area contributed by atoms with Crippen LogP contribution in [-0.4, -0.2) is 35.3 Å². The first-order valence-electron chi connectivity index (χ1n) is 9.56. The van der Waals surface area contributed by atoms with Crippen LogP contribution < -0.4 is 15.4 Å². The fraction of sp³-hybridized carbons (Fsp3) is 0.286. The number of benzene rings is 2. The van der Waals surface area contributed by atoms with Crippen molar-refractivity contribution >= 4 is 41.5 Å². The van der Waals surface area contributed by atoms with Crippen molar-refractivity contribution < 1.29 is 9.26 Å². The summed E-state index contributed by atoms with van der Waals surface area (Å²) in [7, 11) is 0. The molecule has 158 valence electrons. The van der Waals surface area contributed by atoms with Crippen molar-refractivity contribution in [3.05, 3.63) is 65.0 Å². The summed E-state index contributed by atoms with van der Waals surface area (Å²) in [5.74, 6) is 2.56. The highest BCUT2D eigenvalue weighted by Crippen LogP contribution is 2.27. The zero-order valence-electron chi connectivity index (χ0n) is 16.5. The number of hydrogen-bond acceptors (Lipinski definition) is 5. The predicted octanol–water partition coefficient (Wildman–Crippen LogP) is 4.07. The van der Waals surface area contributed by atoms with E-state index in [1.807, 2.05) is 37.3 Å². The van der Waals surface area contributed by atoms with Crippen molar-refractivity contribution in [2.75, 3.05) is 13.1 Å². The van der Waals surface area contributed by atoms with E-state index in [0.29, 0.717) is 29.2 Å². The summed E-state index contributed by atoms with van der Waals surface area (Å²) < 4.78 is 11.3. The van der Waals surface area contributed by atoms with Gasteiger partial charge in [-0.2, -0.15) is 4.98 Å². The van der Waals surface area contributed by atoms with E-state index < -0.39 is 0 Å². The van der Waals surface area contributed by atoms with Gasteiger partial charge in [0, 0.05) is 23.6 Å². The first-order valence-corrected chi connectivity index (χ1v) is 9.94. The maximum absolute atomic E-state index is 6.02. The van der Waals surface area contributed by atoms with Gasteiger partial charge in [0.25, 0.3) is 0 Å². The van der Waals surface area contributed by atoms with Gasteiger partial charge >= 0.3 is 0 Å². The normalized spacial score (nSPS) is 15.1. The molecule has 1 unspecified atom stereocenters. The molecule has 3 aromatic rings. The third-order valence-electron chi connectivity index (χ3n) is 4.48. The van der Waals surface area contributed by atoms with Crippen LogP contribution >= 0.6 is 35.6 Å². The van der Waals surface area contributed by atoms with Crippen LogP contribution in [0.3, 0.4) is 0 Å². The van der Waals surface area contributed by atoms with E-state index in [2.05, 4.69) is 31.8 Å². The fourth-order valence-corrected chi connectivity index (χ4v) is 3.32. The number of nitrogens with one attached hydrogen (secondary N) is 2. The molecule has 0 spiro atoms. The topological polar surface area (TPSA) is 84.6 Å². The summed E-state index contributed by atoms with van der Waals surface area (Å²) in [5.41, 5.74) is 2.04. The number of fused-ring (bicyclic) bond motifs is 1. The first kappa shape index (κ1) is 22.4. The van der Waals surface area contributed by atoms with Crippen LogP contribution in [0.5, 0.6) is 5.75 Å². The molecule has 4 rings (SSSR count). The Labute approximate surface area is 197 Å². The van der Waals surface area contributed by atoms with E-state index in [1.54, 1.807) is 12.1 Å². The molecule has 1 aliphatic heterocycles. The van der Waals surface area contributed by atoms with Crippen LogP contribution in [0.2, 0.25) is 5.02 Å². The van der Waals surface area contributed by atoms with Crippen molar-refractivity contribution in [3.63, 3.8) is 0 Å². The molecule has 7 nitrogen and oxygen atoms in total. The lowest BCUT2D eigenvalue weighted by atomic mass is 10.1. The molecule has 2 aromatic carbocycles. The molecule has 1 aromatic heterocycles. The van der Waals surface area contributed by atoms with Crippen LogP contribution in [0.25, 0.3) is 11.4 Å². The molecule has 1 atom stereocenters. The Balaban J connectivity index is 0.00000256. The number of halogens is 2. The van der Waals surface area contributed by atoms with Crippen LogP contribution in [0.4, 0.5) is 0 Å². The highest BCUT2D eigenvalue weighted by atomic mass is 127. The molecule has 0 radical (unpaired) electrons. The lowest BCUT2D eigenvalue weighted by Gasteiger charge is -2.15. The zero-order chi connectivity index (χ0) is 20.1. The van der Waals surface area contributed by atoms with Crippen molar-refractivity contribution in [1.29, 1.82) is 0 Å². The molecule has 0 bridgehead atoms. The second-order valence-electron chi connectivity index (χ2n) is 6.65. The largest absolute Gasteiger partial charge is 0.488 e. The molecule has 0 fully saturated rings.